The standard InChI is InChI=1S/C22H34N2O6/c1-13-17(21(3,4)11-15(27)23-7-9-25)20(30)14(2)18(19(13)29)22(5,6)12-16(28)24-8-10-26/h25-26H,7-12H2,1-6H3,(H,23,27)(H,24,28). The molecule has 0 aromatic heterocycles. The van der Waals surface area contributed by atoms with Crippen LogP contribution < -0.4 is 10.6 Å². The first-order valence-electron chi connectivity index (χ1n) is 10.1. The Morgan fingerprint density at radius 3 is 1.30 bits per heavy atom. The molecule has 30 heavy (non-hydrogen) atoms. The normalized spacial score (nSPS) is 15.6. The molecule has 4 N–H and O–H groups in total. The predicted octanol–water partition coefficient (Wildman–Crippen LogP) is 0.821. The molecule has 2 amide bonds. The maximum absolute atomic E-state index is 13.3. The smallest absolute Gasteiger partial charge is 0.220 e. The maximum Gasteiger partial charge on any atom is 0.220 e. The lowest BCUT2D eigenvalue weighted by molar-refractivity contribution is -0.125. The van der Waals surface area contributed by atoms with Crippen LogP contribution in [0.4, 0.5) is 0 Å². The lowest BCUT2D eigenvalue weighted by Gasteiger charge is -2.36. The molecule has 8 nitrogen and oxygen atoms in total. The Bertz CT molecular complexity index is 723. The van der Waals surface area contributed by atoms with Crippen molar-refractivity contribution in [2.45, 2.75) is 54.4 Å². The minimum atomic E-state index is -0.883. The average molecular weight is 423 g/mol. The van der Waals surface area contributed by atoms with Crippen LogP contribution in [0.1, 0.15) is 54.4 Å². The van der Waals surface area contributed by atoms with Crippen molar-refractivity contribution in [1.29, 1.82) is 0 Å². The molecule has 1 rings (SSSR count). The van der Waals surface area contributed by atoms with E-state index in [1.54, 1.807) is 41.5 Å². The van der Waals surface area contributed by atoms with Crippen LogP contribution in [0.25, 0.3) is 0 Å². The van der Waals surface area contributed by atoms with Gasteiger partial charge in [0.2, 0.25) is 11.8 Å². The molecule has 0 aromatic carbocycles. The van der Waals surface area contributed by atoms with E-state index in [0.717, 1.165) is 0 Å². The minimum absolute atomic E-state index is 0.00569. The van der Waals surface area contributed by atoms with Crippen LogP contribution >= 0.6 is 0 Å². The number of rotatable bonds is 10. The second-order valence-electron chi connectivity index (χ2n) is 8.93. The second kappa shape index (κ2) is 10.1. The summed E-state index contributed by atoms with van der Waals surface area (Å²) in [5, 5.41) is 22.9. The van der Waals surface area contributed by atoms with Crippen molar-refractivity contribution >= 4 is 23.4 Å². The highest BCUT2D eigenvalue weighted by Crippen LogP contribution is 2.44. The van der Waals surface area contributed by atoms with Crippen molar-refractivity contribution in [3.8, 4) is 0 Å². The van der Waals surface area contributed by atoms with Gasteiger partial charge in [-0.3, -0.25) is 19.2 Å². The third-order valence-corrected chi connectivity index (χ3v) is 5.31. The highest BCUT2D eigenvalue weighted by atomic mass is 16.3. The van der Waals surface area contributed by atoms with E-state index >= 15 is 0 Å². The van der Waals surface area contributed by atoms with Gasteiger partial charge >= 0.3 is 0 Å². The van der Waals surface area contributed by atoms with E-state index in [4.69, 9.17) is 10.2 Å². The van der Waals surface area contributed by atoms with Gasteiger partial charge in [0.15, 0.2) is 11.6 Å². The summed E-state index contributed by atoms with van der Waals surface area (Å²) in [7, 11) is 0. The van der Waals surface area contributed by atoms with E-state index in [9.17, 15) is 19.2 Å². The molecule has 0 aromatic rings. The number of carbonyl (C=O) groups excluding carboxylic acids is 4. The zero-order chi connectivity index (χ0) is 23.3. The summed E-state index contributed by atoms with van der Waals surface area (Å²) < 4.78 is 0. The number of allylic oxidation sites excluding steroid dienone is 4. The Morgan fingerprint density at radius 2 is 1.03 bits per heavy atom. The van der Waals surface area contributed by atoms with E-state index in [-0.39, 0.29) is 73.7 Å². The maximum atomic E-state index is 13.3. The van der Waals surface area contributed by atoms with E-state index in [2.05, 4.69) is 10.6 Å². The topological polar surface area (TPSA) is 133 Å². The SMILES string of the molecule is CC1=C(C(C)(C)CC(=O)NCCO)C(=O)C(C)=C(C(C)(C)CC(=O)NCCO)C1=O. The molecule has 1 aliphatic carbocycles. The summed E-state index contributed by atoms with van der Waals surface area (Å²) in [6.07, 6.45) is -0.0114. The lowest BCUT2D eigenvalue weighted by atomic mass is 9.66. The fourth-order valence-corrected chi connectivity index (χ4v) is 4.07. The van der Waals surface area contributed by atoms with Crippen molar-refractivity contribution in [2.24, 2.45) is 10.8 Å². The van der Waals surface area contributed by atoms with Gasteiger partial charge in [0.1, 0.15) is 0 Å². The van der Waals surface area contributed by atoms with Crippen molar-refractivity contribution in [3.63, 3.8) is 0 Å². The number of hydrogen-bond donors (Lipinski definition) is 4. The second-order valence-corrected chi connectivity index (χ2v) is 8.93. The molecular weight excluding hydrogens is 388 g/mol. The molecule has 0 spiro atoms. The van der Waals surface area contributed by atoms with Crippen LogP contribution in [0.3, 0.4) is 0 Å². The third kappa shape index (κ3) is 5.86. The molecule has 8 heteroatoms. The Kier molecular flexibility index (Phi) is 8.68. The molecule has 168 valence electrons. The highest BCUT2D eigenvalue weighted by Gasteiger charge is 2.43. The average Bonchev–Trinajstić information content (AvgIpc) is 2.62. The molecule has 0 aliphatic heterocycles. The largest absolute Gasteiger partial charge is 0.395 e. The summed E-state index contributed by atoms with van der Waals surface area (Å²) in [6.45, 7) is 9.99. The molecule has 0 bridgehead atoms. The van der Waals surface area contributed by atoms with Crippen LogP contribution in [0.15, 0.2) is 22.3 Å². The number of ketones is 2. The summed E-state index contributed by atoms with van der Waals surface area (Å²) in [4.78, 5) is 50.8. The number of Topliss-reactive ketones (excluding diaryl/α,β-unsaturated/α-hetero) is 2. The fourth-order valence-electron chi connectivity index (χ4n) is 4.07. The Balaban J connectivity index is 3.23. The zero-order valence-electron chi connectivity index (χ0n) is 18.8. The zero-order valence-corrected chi connectivity index (χ0v) is 18.8. The molecule has 0 saturated carbocycles. The number of nitrogens with one attached hydrogen (secondary N) is 2. The van der Waals surface area contributed by atoms with Gasteiger partial charge in [-0.25, -0.2) is 0 Å². The first-order valence-corrected chi connectivity index (χ1v) is 10.1. The van der Waals surface area contributed by atoms with E-state index in [1.807, 2.05) is 0 Å². The van der Waals surface area contributed by atoms with Crippen LogP contribution in [0.5, 0.6) is 0 Å². The molecule has 0 atom stereocenters. The van der Waals surface area contributed by atoms with E-state index < -0.39 is 10.8 Å². The van der Waals surface area contributed by atoms with Crippen molar-refractivity contribution < 1.29 is 29.4 Å². The van der Waals surface area contributed by atoms with Crippen LogP contribution in [0, 0.1) is 10.8 Å². The first-order chi connectivity index (χ1) is 13.8. The molecule has 0 saturated heterocycles. The van der Waals surface area contributed by atoms with Gasteiger partial charge in [-0.05, 0) is 13.8 Å². The van der Waals surface area contributed by atoms with Gasteiger partial charge in [-0.15, -0.1) is 0 Å². The number of aliphatic hydroxyl groups is 2. The number of aliphatic hydroxyl groups excluding tert-OH is 2. The quantitative estimate of drug-likeness (QED) is 0.385. The summed E-state index contributed by atoms with van der Waals surface area (Å²) >= 11 is 0. The van der Waals surface area contributed by atoms with Crippen LogP contribution in [0.2, 0.25) is 0 Å². The van der Waals surface area contributed by atoms with Gasteiger partial charge in [0, 0.05) is 59.1 Å². The Morgan fingerprint density at radius 1 is 0.733 bits per heavy atom. The first kappa shape index (κ1) is 25.7. The van der Waals surface area contributed by atoms with Crippen LogP contribution in [-0.4, -0.2) is 59.9 Å². The summed E-state index contributed by atoms with van der Waals surface area (Å²) in [5.41, 5.74) is -0.604. The number of amides is 2. The number of carbonyl (C=O) groups is 4. The lowest BCUT2D eigenvalue weighted by Crippen LogP contribution is -2.39. The molecule has 0 heterocycles. The summed E-state index contributed by atoms with van der Waals surface area (Å²) in [5.74, 6) is -1.23. The highest BCUT2D eigenvalue weighted by molar-refractivity contribution is 6.26. The van der Waals surface area contributed by atoms with Gasteiger partial charge in [-0.2, -0.15) is 0 Å². The molecule has 0 unspecified atom stereocenters. The molecule has 0 radical (unpaired) electrons. The van der Waals surface area contributed by atoms with E-state index in [0.29, 0.717) is 11.1 Å². The molecule has 1 aliphatic rings. The monoisotopic (exact) mass is 422 g/mol. The van der Waals surface area contributed by atoms with Gasteiger partial charge in [0.25, 0.3) is 0 Å². The van der Waals surface area contributed by atoms with Crippen molar-refractivity contribution in [1.82, 2.24) is 10.6 Å². The van der Waals surface area contributed by atoms with Crippen LogP contribution in [-0.2, 0) is 19.2 Å². The third-order valence-electron chi connectivity index (χ3n) is 5.31. The molecular formula is C22H34N2O6. The Hall–Kier alpha value is -2.32. The fraction of sp³-hybridized carbons (Fsp3) is 0.636. The van der Waals surface area contributed by atoms with Gasteiger partial charge in [0.05, 0.1) is 13.2 Å². The Labute approximate surface area is 177 Å². The minimum Gasteiger partial charge on any atom is -0.395 e. The van der Waals surface area contributed by atoms with E-state index in [1.165, 1.54) is 0 Å². The summed E-state index contributed by atoms with van der Waals surface area (Å²) in [6, 6.07) is 0. The van der Waals surface area contributed by atoms with Crippen molar-refractivity contribution in [3.05, 3.63) is 22.3 Å². The molecule has 0 fully saturated rings. The van der Waals surface area contributed by atoms with Crippen molar-refractivity contribution in [2.75, 3.05) is 26.3 Å². The van der Waals surface area contributed by atoms with Gasteiger partial charge < -0.3 is 20.8 Å². The predicted molar refractivity (Wildman–Crippen MR) is 112 cm³/mol. The number of hydrogen-bond acceptors (Lipinski definition) is 6. The van der Waals surface area contributed by atoms with Gasteiger partial charge in [-0.1, -0.05) is 27.7 Å².